The SMILES string of the molecule is Nc1noc(-c2ccc(F)c(Br)c2)c1-c1cccnc1. The van der Waals surface area contributed by atoms with Crippen LogP contribution < -0.4 is 5.73 Å². The molecule has 0 radical (unpaired) electrons. The molecule has 2 aromatic heterocycles. The number of halogens is 2. The Morgan fingerprint density at radius 2 is 2.05 bits per heavy atom. The first-order valence-electron chi connectivity index (χ1n) is 5.78. The number of aromatic nitrogens is 2. The van der Waals surface area contributed by atoms with Crippen molar-refractivity contribution < 1.29 is 8.91 Å². The molecule has 0 atom stereocenters. The number of benzene rings is 1. The molecular weight excluding hydrogens is 325 g/mol. The standard InChI is InChI=1S/C14H9BrFN3O/c15-10-6-8(3-4-11(10)16)13-12(14(17)19-20-13)9-2-1-5-18-7-9/h1-7H,(H2,17,19). The van der Waals surface area contributed by atoms with E-state index in [0.717, 1.165) is 5.56 Å². The fourth-order valence-electron chi connectivity index (χ4n) is 1.93. The third-order valence-electron chi connectivity index (χ3n) is 2.85. The Kier molecular flexibility index (Phi) is 3.23. The van der Waals surface area contributed by atoms with Gasteiger partial charge >= 0.3 is 0 Å². The zero-order valence-corrected chi connectivity index (χ0v) is 11.8. The van der Waals surface area contributed by atoms with Gasteiger partial charge in [-0.15, -0.1) is 0 Å². The number of nitrogens with zero attached hydrogens (tertiary/aromatic N) is 2. The zero-order valence-electron chi connectivity index (χ0n) is 10.2. The van der Waals surface area contributed by atoms with E-state index in [1.165, 1.54) is 6.07 Å². The van der Waals surface area contributed by atoms with Crippen molar-refractivity contribution in [3.8, 4) is 22.5 Å². The molecule has 4 nitrogen and oxygen atoms in total. The van der Waals surface area contributed by atoms with Gasteiger partial charge in [-0.3, -0.25) is 4.98 Å². The Balaban J connectivity index is 2.18. The van der Waals surface area contributed by atoms with Gasteiger partial charge in [0, 0.05) is 23.5 Å². The normalized spacial score (nSPS) is 10.7. The van der Waals surface area contributed by atoms with Crippen molar-refractivity contribution >= 4 is 21.7 Å². The predicted molar refractivity (Wildman–Crippen MR) is 77.2 cm³/mol. The van der Waals surface area contributed by atoms with Crippen molar-refractivity contribution in [3.63, 3.8) is 0 Å². The highest BCUT2D eigenvalue weighted by atomic mass is 79.9. The Morgan fingerprint density at radius 1 is 1.20 bits per heavy atom. The average Bonchev–Trinajstić information content (AvgIpc) is 2.85. The number of pyridine rings is 1. The van der Waals surface area contributed by atoms with Crippen LogP contribution in [0.3, 0.4) is 0 Å². The minimum absolute atomic E-state index is 0.272. The van der Waals surface area contributed by atoms with Crippen LogP contribution in [-0.2, 0) is 0 Å². The largest absolute Gasteiger partial charge is 0.380 e. The first-order chi connectivity index (χ1) is 9.66. The first kappa shape index (κ1) is 12.8. The number of nitrogen functional groups attached to an aromatic ring is 1. The molecule has 0 bridgehead atoms. The summed E-state index contributed by atoms with van der Waals surface area (Å²) < 4.78 is 18.9. The summed E-state index contributed by atoms with van der Waals surface area (Å²) in [6.45, 7) is 0. The van der Waals surface area contributed by atoms with Crippen LogP contribution in [0.4, 0.5) is 10.2 Å². The quantitative estimate of drug-likeness (QED) is 0.772. The van der Waals surface area contributed by atoms with E-state index in [1.807, 2.05) is 6.07 Å². The van der Waals surface area contributed by atoms with Crippen LogP contribution >= 0.6 is 15.9 Å². The molecule has 3 aromatic rings. The van der Waals surface area contributed by atoms with Gasteiger partial charge in [0.15, 0.2) is 11.6 Å². The Hall–Kier alpha value is -2.21. The number of rotatable bonds is 2. The molecule has 0 fully saturated rings. The van der Waals surface area contributed by atoms with Crippen LogP contribution in [0, 0.1) is 5.82 Å². The summed E-state index contributed by atoms with van der Waals surface area (Å²) in [5.74, 6) is 0.411. The van der Waals surface area contributed by atoms with E-state index in [2.05, 4.69) is 26.1 Å². The van der Waals surface area contributed by atoms with Crippen molar-refractivity contribution in [1.82, 2.24) is 10.1 Å². The molecule has 2 heterocycles. The third-order valence-corrected chi connectivity index (χ3v) is 3.46. The summed E-state index contributed by atoms with van der Waals surface area (Å²) in [5.41, 5.74) is 7.98. The Morgan fingerprint density at radius 3 is 2.75 bits per heavy atom. The van der Waals surface area contributed by atoms with E-state index < -0.39 is 0 Å². The van der Waals surface area contributed by atoms with Gasteiger partial charge < -0.3 is 10.3 Å². The molecule has 20 heavy (non-hydrogen) atoms. The second-order valence-corrected chi connectivity index (χ2v) is 5.00. The maximum Gasteiger partial charge on any atom is 0.177 e. The molecule has 3 rings (SSSR count). The summed E-state index contributed by atoms with van der Waals surface area (Å²) in [5, 5.41) is 3.79. The van der Waals surface area contributed by atoms with Crippen molar-refractivity contribution in [2.24, 2.45) is 0 Å². The second-order valence-electron chi connectivity index (χ2n) is 4.14. The molecule has 0 aliphatic carbocycles. The number of nitrogens with two attached hydrogens (primary N) is 1. The molecule has 0 aliphatic heterocycles. The summed E-state index contributed by atoms with van der Waals surface area (Å²) in [6, 6.07) is 8.24. The maximum absolute atomic E-state index is 13.3. The van der Waals surface area contributed by atoms with E-state index in [4.69, 9.17) is 10.3 Å². The Bertz CT molecular complexity index is 758. The van der Waals surface area contributed by atoms with Gasteiger partial charge in [0.1, 0.15) is 5.82 Å². The highest BCUT2D eigenvalue weighted by Gasteiger charge is 2.18. The molecule has 0 unspecified atom stereocenters. The van der Waals surface area contributed by atoms with Gasteiger partial charge in [-0.1, -0.05) is 11.2 Å². The highest BCUT2D eigenvalue weighted by molar-refractivity contribution is 9.10. The summed E-state index contributed by atoms with van der Waals surface area (Å²) in [6.07, 6.45) is 3.34. The Labute approximate surface area is 122 Å². The van der Waals surface area contributed by atoms with Gasteiger partial charge in [-0.2, -0.15) is 0 Å². The van der Waals surface area contributed by atoms with Crippen LogP contribution in [0.5, 0.6) is 0 Å². The zero-order chi connectivity index (χ0) is 14.1. The maximum atomic E-state index is 13.3. The fraction of sp³-hybridized carbons (Fsp3) is 0. The molecule has 100 valence electrons. The molecular formula is C14H9BrFN3O. The van der Waals surface area contributed by atoms with E-state index in [-0.39, 0.29) is 11.6 Å². The minimum atomic E-state index is -0.343. The summed E-state index contributed by atoms with van der Waals surface area (Å²) in [4.78, 5) is 4.05. The van der Waals surface area contributed by atoms with Crippen molar-refractivity contribution in [3.05, 3.63) is 53.0 Å². The molecule has 0 saturated carbocycles. The molecule has 0 saturated heterocycles. The van der Waals surface area contributed by atoms with Gasteiger partial charge in [-0.25, -0.2) is 4.39 Å². The second kappa shape index (κ2) is 5.05. The summed E-state index contributed by atoms with van der Waals surface area (Å²) in [7, 11) is 0. The monoisotopic (exact) mass is 333 g/mol. The van der Waals surface area contributed by atoms with Gasteiger partial charge in [0.05, 0.1) is 10.0 Å². The number of hydrogen-bond acceptors (Lipinski definition) is 4. The molecule has 0 aliphatic rings. The van der Waals surface area contributed by atoms with E-state index in [9.17, 15) is 4.39 Å². The first-order valence-corrected chi connectivity index (χ1v) is 6.57. The lowest BCUT2D eigenvalue weighted by Gasteiger charge is -2.03. The lowest BCUT2D eigenvalue weighted by atomic mass is 10.0. The van der Waals surface area contributed by atoms with Crippen molar-refractivity contribution in [2.75, 3.05) is 5.73 Å². The van der Waals surface area contributed by atoms with Crippen LogP contribution in [0.15, 0.2) is 51.7 Å². The average molecular weight is 334 g/mol. The molecule has 0 spiro atoms. The molecule has 2 N–H and O–H groups in total. The lowest BCUT2D eigenvalue weighted by Crippen LogP contribution is -1.89. The van der Waals surface area contributed by atoms with Gasteiger partial charge in [0.2, 0.25) is 0 Å². The summed E-state index contributed by atoms with van der Waals surface area (Å²) >= 11 is 3.15. The smallest absolute Gasteiger partial charge is 0.177 e. The highest BCUT2D eigenvalue weighted by Crippen LogP contribution is 2.37. The van der Waals surface area contributed by atoms with Crippen LogP contribution in [0.25, 0.3) is 22.5 Å². The van der Waals surface area contributed by atoms with Crippen molar-refractivity contribution in [1.29, 1.82) is 0 Å². The number of anilines is 1. The molecule has 1 aromatic carbocycles. The fourth-order valence-corrected chi connectivity index (χ4v) is 2.31. The van der Waals surface area contributed by atoms with E-state index in [0.29, 0.717) is 21.4 Å². The lowest BCUT2D eigenvalue weighted by molar-refractivity contribution is 0.436. The van der Waals surface area contributed by atoms with E-state index in [1.54, 1.807) is 30.6 Å². The van der Waals surface area contributed by atoms with Crippen molar-refractivity contribution in [2.45, 2.75) is 0 Å². The van der Waals surface area contributed by atoms with Crippen LogP contribution in [0.2, 0.25) is 0 Å². The number of hydrogen-bond donors (Lipinski definition) is 1. The molecule has 0 amide bonds. The predicted octanol–water partition coefficient (Wildman–Crippen LogP) is 3.89. The van der Waals surface area contributed by atoms with Gasteiger partial charge in [0.25, 0.3) is 0 Å². The molecule has 6 heteroatoms. The topological polar surface area (TPSA) is 64.9 Å². The van der Waals surface area contributed by atoms with Gasteiger partial charge in [-0.05, 0) is 40.2 Å². The van der Waals surface area contributed by atoms with E-state index >= 15 is 0 Å². The minimum Gasteiger partial charge on any atom is -0.380 e. The van der Waals surface area contributed by atoms with Crippen LogP contribution in [-0.4, -0.2) is 10.1 Å². The van der Waals surface area contributed by atoms with Crippen LogP contribution in [0.1, 0.15) is 0 Å². The third kappa shape index (κ3) is 2.18.